The summed E-state index contributed by atoms with van der Waals surface area (Å²) < 4.78 is 53.4. The molecular weight excluding hydrogens is 298 g/mol. The minimum Gasteiger partial charge on any atom is -0.396 e. The van der Waals surface area contributed by atoms with Crippen LogP contribution < -0.4 is 10.5 Å². The highest BCUT2D eigenvalue weighted by molar-refractivity contribution is 7.92. The number of anilines is 2. The summed E-state index contributed by atoms with van der Waals surface area (Å²) in [5, 5.41) is 0. The number of aryl methyl sites for hydroxylation is 2. The van der Waals surface area contributed by atoms with Crippen molar-refractivity contribution in [1.29, 1.82) is 0 Å². The Morgan fingerprint density at radius 1 is 1.05 bits per heavy atom. The lowest BCUT2D eigenvalue weighted by molar-refractivity contribution is 0.599. The molecule has 21 heavy (non-hydrogen) atoms. The Morgan fingerprint density at radius 3 is 2.33 bits per heavy atom. The van der Waals surface area contributed by atoms with Crippen molar-refractivity contribution in [2.75, 3.05) is 10.5 Å². The summed E-state index contributed by atoms with van der Waals surface area (Å²) in [6, 6.07) is 5.91. The van der Waals surface area contributed by atoms with Crippen molar-refractivity contribution >= 4 is 21.4 Å². The molecule has 0 amide bonds. The van der Waals surface area contributed by atoms with Crippen LogP contribution in [0, 0.1) is 25.5 Å². The van der Waals surface area contributed by atoms with E-state index in [2.05, 4.69) is 4.72 Å². The summed E-state index contributed by atoms with van der Waals surface area (Å²) in [7, 11) is -3.98. The molecule has 0 spiro atoms. The van der Waals surface area contributed by atoms with Crippen molar-refractivity contribution in [3.05, 3.63) is 53.1 Å². The molecule has 0 aliphatic carbocycles. The molecule has 0 radical (unpaired) electrons. The molecule has 0 fully saturated rings. The molecular formula is C14H14F2N2O2S. The van der Waals surface area contributed by atoms with E-state index in [1.165, 1.54) is 19.1 Å². The Hall–Kier alpha value is -2.15. The monoisotopic (exact) mass is 312 g/mol. The van der Waals surface area contributed by atoms with Crippen LogP contribution in [0.5, 0.6) is 0 Å². The van der Waals surface area contributed by atoms with Gasteiger partial charge in [0.05, 0.1) is 16.3 Å². The van der Waals surface area contributed by atoms with Crippen molar-refractivity contribution in [1.82, 2.24) is 0 Å². The highest BCUT2D eigenvalue weighted by Gasteiger charge is 2.19. The summed E-state index contributed by atoms with van der Waals surface area (Å²) in [6.07, 6.45) is 0. The molecule has 0 atom stereocenters. The van der Waals surface area contributed by atoms with E-state index in [1.807, 2.05) is 0 Å². The van der Waals surface area contributed by atoms with E-state index in [0.29, 0.717) is 5.56 Å². The molecule has 0 bridgehead atoms. The summed E-state index contributed by atoms with van der Waals surface area (Å²) in [4.78, 5) is -0.150. The van der Waals surface area contributed by atoms with Crippen molar-refractivity contribution in [2.24, 2.45) is 0 Å². The molecule has 2 aromatic rings. The maximum Gasteiger partial charge on any atom is 0.262 e. The first-order valence-electron chi connectivity index (χ1n) is 6.04. The van der Waals surface area contributed by atoms with Gasteiger partial charge in [0.15, 0.2) is 0 Å². The molecule has 0 saturated carbocycles. The summed E-state index contributed by atoms with van der Waals surface area (Å²) in [6.45, 7) is 3.09. The number of sulfonamides is 1. The van der Waals surface area contributed by atoms with Crippen LogP contribution in [0.25, 0.3) is 0 Å². The zero-order valence-corrected chi connectivity index (χ0v) is 12.3. The number of nitrogens with two attached hydrogens (primary N) is 1. The molecule has 0 saturated heterocycles. The van der Waals surface area contributed by atoms with Crippen molar-refractivity contribution in [3.8, 4) is 0 Å². The van der Waals surface area contributed by atoms with Crippen LogP contribution in [-0.2, 0) is 10.0 Å². The lowest BCUT2D eigenvalue weighted by atomic mass is 10.2. The summed E-state index contributed by atoms with van der Waals surface area (Å²) >= 11 is 0. The van der Waals surface area contributed by atoms with Gasteiger partial charge >= 0.3 is 0 Å². The van der Waals surface area contributed by atoms with Gasteiger partial charge in [-0.3, -0.25) is 4.72 Å². The van der Waals surface area contributed by atoms with Gasteiger partial charge in [-0.15, -0.1) is 0 Å². The van der Waals surface area contributed by atoms with E-state index in [4.69, 9.17) is 5.73 Å². The molecule has 2 rings (SSSR count). The first-order chi connectivity index (χ1) is 9.69. The zero-order valence-electron chi connectivity index (χ0n) is 11.4. The molecule has 0 aliphatic heterocycles. The van der Waals surface area contributed by atoms with Crippen LogP contribution in [-0.4, -0.2) is 8.42 Å². The second kappa shape index (κ2) is 5.33. The van der Waals surface area contributed by atoms with Gasteiger partial charge in [0.2, 0.25) is 0 Å². The van der Waals surface area contributed by atoms with E-state index in [1.54, 1.807) is 6.92 Å². The largest absolute Gasteiger partial charge is 0.396 e. The van der Waals surface area contributed by atoms with Gasteiger partial charge < -0.3 is 5.73 Å². The number of hydrogen-bond acceptors (Lipinski definition) is 3. The SMILES string of the molecule is Cc1cc(F)cc(NS(=O)(=O)c2cc(N)c(F)cc2C)c1. The Labute approximate surface area is 121 Å². The number of rotatable bonds is 3. The first kappa shape index (κ1) is 15.2. The van der Waals surface area contributed by atoms with E-state index in [-0.39, 0.29) is 21.8 Å². The minimum absolute atomic E-state index is 0.0924. The topological polar surface area (TPSA) is 72.2 Å². The van der Waals surface area contributed by atoms with E-state index in [9.17, 15) is 17.2 Å². The predicted octanol–water partition coefficient (Wildman–Crippen LogP) is 2.96. The Morgan fingerprint density at radius 2 is 1.71 bits per heavy atom. The highest BCUT2D eigenvalue weighted by atomic mass is 32.2. The Kier molecular flexibility index (Phi) is 3.87. The van der Waals surface area contributed by atoms with Crippen molar-refractivity contribution < 1.29 is 17.2 Å². The lowest BCUT2D eigenvalue weighted by Gasteiger charge is -2.12. The van der Waals surface area contributed by atoms with E-state index in [0.717, 1.165) is 18.2 Å². The second-order valence-electron chi connectivity index (χ2n) is 4.76. The molecule has 0 aliphatic rings. The Bertz CT molecular complexity index is 785. The molecule has 2 aromatic carbocycles. The number of hydrogen-bond donors (Lipinski definition) is 2. The normalized spacial score (nSPS) is 11.4. The fourth-order valence-corrected chi connectivity index (χ4v) is 3.27. The third-order valence-corrected chi connectivity index (χ3v) is 4.40. The third kappa shape index (κ3) is 3.30. The van der Waals surface area contributed by atoms with Gasteiger partial charge in [-0.2, -0.15) is 0 Å². The minimum atomic E-state index is -3.98. The van der Waals surface area contributed by atoms with Crippen LogP contribution in [0.1, 0.15) is 11.1 Å². The smallest absolute Gasteiger partial charge is 0.262 e. The maximum atomic E-state index is 13.3. The first-order valence-corrected chi connectivity index (χ1v) is 7.53. The average molecular weight is 312 g/mol. The maximum absolute atomic E-state index is 13.3. The van der Waals surface area contributed by atoms with Crippen LogP contribution in [0.2, 0.25) is 0 Å². The van der Waals surface area contributed by atoms with Crippen LogP contribution in [0.4, 0.5) is 20.2 Å². The fraction of sp³-hybridized carbons (Fsp3) is 0.143. The molecule has 3 N–H and O–H groups in total. The quantitative estimate of drug-likeness (QED) is 0.856. The van der Waals surface area contributed by atoms with Crippen molar-refractivity contribution in [2.45, 2.75) is 18.7 Å². The van der Waals surface area contributed by atoms with Crippen molar-refractivity contribution in [3.63, 3.8) is 0 Å². The van der Waals surface area contributed by atoms with E-state index < -0.39 is 21.7 Å². The standard InChI is InChI=1S/C14H14F2N2O2S/c1-8-3-10(15)6-11(4-8)18-21(19,20)14-7-13(17)12(16)5-9(14)2/h3-7,18H,17H2,1-2H3. The fourth-order valence-electron chi connectivity index (χ4n) is 1.96. The number of nitrogen functional groups attached to an aromatic ring is 1. The second-order valence-corrected chi connectivity index (χ2v) is 6.41. The van der Waals surface area contributed by atoms with Crippen LogP contribution in [0.3, 0.4) is 0 Å². The van der Waals surface area contributed by atoms with Gasteiger partial charge in [0, 0.05) is 0 Å². The van der Waals surface area contributed by atoms with Crippen LogP contribution in [0.15, 0.2) is 35.2 Å². The zero-order chi connectivity index (χ0) is 15.8. The van der Waals surface area contributed by atoms with Gasteiger partial charge in [-0.05, 0) is 55.3 Å². The lowest BCUT2D eigenvalue weighted by Crippen LogP contribution is -2.15. The predicted molar refractivity (Wildman–Crippen MR) is 77.5 cm³/mol. The van der Waals surface area contributed by atoms with Gasteiger partial charge in [0.25, 0.3) is 10.0 Å². The molecule has 4 nitrogen and oxygen atoms in total. The number of halogens is 2. The molecule has 0 heterocycles. The van der Waals surface area contributed by atoms with E-state index >= 15 is 0 Å². The van der Waals surface area contributed by atoms with Gasteiger partial charge in [-0.25, -0.2) is 17.2 Å². The third-order valence-electron chi connectivity index (χ3n) is 2.88. The Balaban J connectivity index is 2.45. The van der Waals surface area contributed by atoms with Crippen LogP contribution >= 0.6 is 0 Å². The molecule has 0 aromatic heterocycles. The average Bonchev–Trinajstić information content (AvgIpc) is 2.31. The summed E-state index contributed by atoms with van der Waals surface area (Å²) in [5.41, 5.74) is 6.01. The molecule has 0 unspecified atom stereocenters. The van der Waals surface area contributed by atoms with Gasteiger partial charge in [-0.1, -0.05) is 0 Å². The number of nitrogens with one attached hydrogen (secondary N) is 1. The number of benzene rings is 2. The molecule has 112 valence electrons. The summed E-state index contributed by atoms with van der Waals surface area (Å²) in [5.74, 6) is -1.24. The molecule has 7 heteroatoms. The van der Waals surface area contributed by atoms with Gasteiger partial charge in [0.1, 0.15) is 11.6 Å². The highest BCUT2D eigenvalue weighted by Crippen LogP contribution is 2.24.